The number of rotatable bonds is 6. The third-order valence-electron chi connectivity index (χ3n) is 4.78. The summed E-state index contributed by atoms with van der Waals surface area (Å²) in [4.78, 5) is 27.0. The van der Waals surface area contributed by atoms with Gasteiger partial charge in [-0.15, -0.1) is 0 Å². The van der Waals surface area contributed by atoms with Gasteiger partial charge in [-0.3, -0.25) is 9.59 Å². The van der Waals surface area contributed by atoms with Gasteiger partial charge < -0.3 is 15.0 Å². The Morgan fingerprint density at radius 3 is 2.57 bits per heavy atom. The van der Waals surface area contributed by atoms with E-state index in [2.05, 4.69) is 35.1 Å². The van der Waals surface area contributed by atoms with Gasteiger partial charge in [0.25, 0.3) is 11.8 Å². The van der Waals surface area contributed by atoms with Crippen molar-refractivity contribution in [1.82, 2.24) is 4.90 Å². The molecule has 28 heavy (non-hydrogen) atoms. The summed E-state index contributed by atoms with van der Waals surface area (Å²) in [5, 5.41) is 2.82. The molecule has 0 unspecified atom stereocenters. The van der Waals surface area contributed by atoms with Crippen molar-refractivity contribution in [3.63, 3.8) is 0 Å². The van der Waals surface area contributed by atoms with Gasteiger partial charge in [-0.25, -0.2) is 0 Å². The molecule has 2 aromatic carbocycles. The summed E-state index contributed by atoms with van der Waals surface area (Å²) in [5.41, 5.74) is 2.07. The second-order valence-corrected chi connectivity index (χ2v) is 8.13. The Hall–Kier alpha value is -2.34. The first-order valence-electron chi connectivity index (χ1n) is 9.56. The van der Waals surface area contributed by atoms with E-state index in [1.54, 1.807) is 12.1 Å². The molecule has 1 saturated heterocycles. The Labute approximate surface area is 174 Å². The van der Waals surface area contributed by atoms with E-state index in [0.717, 1.165) is 36.0 Å². The van der Waals surface area contributed by atoms with E-state index in [9.17, 15) is 9.59 Å². The monoisotopic (exact) mass is 444 g/mol. The Morgan fingerprint density at radius 2 is 1.86 bits per heavy atom. The lowest BCUT2D eigenvalue weighted by Gasteiger charge is -2.18. The lowest BCUT2D eigenvalue weighted by molar-refractivity contribution is -0.118. The first kappa shape index (κ1) is 20.4. The van der Waals surface area contributed by atoms with E-state index in [-0.39, 0.29) is 24.3 Å². The van der Waals surface area contributed by atoms with Gasteiger partial charge in [-0.2, -0.15) is 0 Å². The maximum absolute atomic E-state index is 12.7. The number of carbonyl (C=O) groups excluding carboxylic acids is 2. The number of anilines is 1. The Kier molecular flexibility index (Phi) is 6.73. The summed E-state index contributed by atoms with van der Waals surface area (Å²) < 4.78 is 6.73. The predicted octanol–water partition coefficient (Wildman–Crippen LogP) is 4.83. The molecule has 0 saturated carbocycles. The molecule has 0 atom stereocenters. The lowest BCUT2D eigenvalue weighted by Crippen LogP contribution is -2.29. The first-order valence-corrected chi connectivity index (χ1v) is 10.4. The molecule has 5 nitrogen and oxygen atoms in total. The van der Waals surface area contributed by atoms with Gasteiger partial charge in [-0.1, -0.05) is 41.9 Å². The summed E-state index contributed by atoms with van der Waals surface area (Å²) in [5.74, 6) is 0.632. The zero-order chi connectivity index (χ0) is 20.1. The molecule has 0 aromatic heterocycles. The first-order chi connectivity index (χ1) is 13.5. The molecule has 1 N–H and O–H groups in total. The molecule has 2 aromatic rings. The molecule has 3 rings (SSSR count). The fourth-order valence-electron chi connectivity index (χ4n) is 3.30. The summed E-state index contributed by atoms with van der Waals surface area (Å²) in [6.07, 6.45) is 2.05. The van der Waals surface area contributed by atoms with E-state index in [0.29, 0.717) is 17.0 Å². The minimum Gasteiger partial charge on any atom is -0.483 e. The number of hydrogen-bond acceptors (Lipinski definition) is 3. The van der Waals surface area contributed by atoms with Crippen molar-refractivity contribution >= 4 is 33.4 Å². The van der Waals surface area contributed by atoms with Crippen LogP contribution >= 0.6 is 15.9 Å². The number of amides is 2. The van der Waals surface area contributed by atoms with Crippen LogP contribution in [-0.2, 0) is 4.79 Å². The van der Waals surface area contributed by atoms with Gasteiger partial charge in [0, 0.05) is 17.6 Å². The van der Waals surface area contributed by atoms with Gasteiger partial charge in [0.15, 0.2) is 6.61 Å². The van der Waals surface area contributed by atoms with E-state index < -0.39 is 0 Å². The molecule has 2 amide bonds. The summed E-state index contributed by atoms with van der Waals surface area (Å²) in [6.45, 7) is 5.58. The molecular weight excluding hydrogens is 420 g/mol. The van der Waals surface area contributed by atoms with Crippen molar-refractivity contribution in [2.75, 3.05) is 25.0 Å². The maximum Gasteiger partial charge on any atom is 0.262 e. The van der Waals surface area contributed by atoms with Crippen LogP contribution in [0.25, 0.3) is 0 Å². The highest BCUT2D eigenvalue weighted by Crippen LogP contribution is 2.29. The number of halogens is 1. The molecular formula is C22H25BrN2O3. The molecule has 1 aliphatic rings. The van der Waals surface area contributed by atoms with Crippen LogP contribution in [0.4, 0.5) is 5.69 Å². The minimum absolute atomic E-state index is 0.0377. The normalized spacial score (nSPS) is 13.6. The number of para-hydroxylation sites is 1. The number of hydrogen-bond donors (Lipinski definition) is 1. The molecule has 1 fully saturated rings. The van der Waals surface area contributed by atoms with Crippen LogP contribution in [0.5, 0.6) is 5.75 Å². The number of nitrogens with one attached hydrogen (secondary N) is 1. The Bertz CT molecular complexity index is 861. The topological polar surface area (TPSA) is 58.6 Å². The fourth-order valence-corrected chi connectivity index (χ4v) is 3.68. The number of likely N-dealkylation sites (tertiary alicyclic amines) is 1. The zero-order valence-electron chi connectivity index (χ0n) is 16.2. The standard InChI is InChI=1S/C22H25BrN2O3/c1-15(2)18-13-16(23)9-10-20(18)28-14-21(26)24-19-8-4-3-7-17(19)22(27)25-11-5-6-12-25/h3-4,7-10,13,15H,5-6,11-12,14H2,1-2H3,(H,24,26). The third kappa shape index (κ3) is 4.93. The largest absolute Gasteiger partial charge is 0.483 e. The average Bonchev–Trinajstić information content (AvgIpc) is 3.21. The molecule has 0 spiro atoms. The zero-order valence-corrected chi connectivity index (χ0v) is 17.8. The Morgan fingerprint density at radius 1 is 1.14 bits per heavy atom. The van der Waals surface area contributed by atoms with Crippen LogP contribution in [0, 0.1) is 0 Å². The second-order valence-electron chi connectivity index (χ2n) is 7.22. The molecule has 0 aliphatic carbocycles. The van der Waals surface area contributed by atoms with E-state index in [4.69, 9.17) is 4.74 Å². The van der Waals surface area contributed by atoms with Crippen molar-refractivity contribution in [3.8, 4) is 5.75 Å². The van der Waals surface area contributed by atoms with Gasteiger partial charge in [-0.05, 0) is 54.7 Å². The van der Waals surface area contributed by atoms with Crippen molar-refractivity contribution in [1.29, 1.82) is 0 Å². The van der Waals surface area contributed by atoms with Crippen molar-refractivity contribution in [3.05, 3.63) is 58.1 Å². The number of carbonyl (C=O) groups is 2. The number of nitrogens with zero attached hydrogens (tertiary/aromatic N) is 1. The smallest absolute Gasteiger partial charge is 0.262 e. The molecule has 0 bridgehead atoms. The van der Waals surface area contributed by atoms with E-state index in [1.807, 2.05) is 35.2 Å². The fraction of sp³-hybridized carbons (Fsp3) is 0.364. The predicted molar refractivity (Wildman–Crippen MR) is 114 cm³/mol. The van der Waals surface area contributed by atoms with Crippen molar-refractivity contribution < 1.29 is 14.3 Å². The number of ether oxygens (including phenoxy) is 1. The van der Waals surface area contributed by atoms with Crippen LogP contribution in [0.3, 0.4) is 0 Å². The van der Waals surface area contributed by atoms with Gasteiger partial charge in [0.1, 0.15) is 5.75 Å². The third-order valence-corrected chi connectivity index (χ3v) is 5.27. The minimum atomic E-state index is -0.292. The molecule has 1 heterocycles. The highest BCUT2D eigenvalue weighted by atomic mass is 79.9. The van der Waals surface area contributed by atoms with Crippen molar-refractivity contribution in [2.45, 2.75) is 32.6 Å². The average molecular weight is 445 g/mol. The van der Waals surface area contributed by atoms with Gasteiger partial charge in [0.2, 0.25) is 0 Å². The molecule has 148 valence electrons. The molecule has 1 aliphatic heterocycles. The van der Waals surface area contributed by atoms with Crippen LogP contribution in [0.2, 0.25) is 0 Å². The van der Waals surface area contributed by atoms with E-state index >= 15 is 0 Å². The van der Waals surface area contributed by atoms with Crippen LogP contribution in [0.1, 0.15) is 48.5 Å². The summed E-state index contributed by atoms with van der Waals surface area (Å²) in [7, 11) is 0. The van der Waals surface area contributed by atoms with Crippen LogP contribution in [0.15, 0.2) is 46.9 Å². The highest BCUT2D eigenvalue weighted by molar-refractivity contribution is 9.10. The van der Waals surface area contributed by atoms with E-state index in [1.165, 1.54) is 0 Å². The van der Waals surface area contributed by atoms with Crippen LogP contribution < -0.4 is 10.1 Å². The molecule has 6 heteroatoms. The lowest BCUT2D eigenvalue weighted by atomic mass is 10.0. The second kappa shape index (κ2) is 9.24. The summed E-state index contributed by atoms with van der Waals surface area (Å²) >= 11 is 3.47. The number of benzene rings is 2. The van der Waals surface area contributed by atoms with Gasteiger partial charge in [0.05, 0.1) is 11.3 Å². The summed E-state index contributed by atoms with van der Waals surface area (Å²) in [6, 6.07) is 12.9. The highest BCUT2D eigenvalue weighted by Gasteiger charge is 2.22. The maximum atomic E-state index is 12.7. The van der Waals surface area contributed by atoms with Gasteiger partial charge >= 0.3 is 0 Å². The van der Waals surface area contributed by atoms with Crippen LogP contribution in [-0.4, -0.2) is 36.4 Å². The molecule has 0 radical (unpaired) electrons. The Balaban J connectivity index is 1.67. The SMILES string of the molecule is CC(C)c1cc(Br)ccc1OCC(=O)Nc1ccccc1C(=O)N1CCCC1. The van der Waals surface area contributed by atoms with Crippen molar-refractivity contribution in [2.24, 2.45) is 0 Å². The quantitative estimate of drug-likeness (QED) is 0.693.